The fourth-order valence-corrected chi connectivity index (χ4v) is 4.09. The molecule has 1 aliphatic rings. The molecular formula is C23H31N7O3. The number of fused-ring (bicyclic) bond motifs is 1. The van der Waals surface area contributed by atoms with Gasteiger partial charge in [-0.2, -0.15) is 10.1 Å². The highest BCUT2D eigenvalue weighted by atomic mass is 16.5. The van der Waals surface area contributed by atoms with E-state index in [1.54, 1.807) is 6.20 Å². The Hall–Kier alpha value is -3.27. The zero-order valence-corrected chi connectivity index (χ0v) is 19.4. The highest BCUT2D eigenvalue weighted by molar-refractivity contribution is 5.90. The molecule has 4 rings (SSSR count). The number of carbonyl (C=O) groups is 1. The molecule has 0 saturated carbocycles. The summed E-state index contributed by atoms with van der Waals surface area (Å²) < 4.78 is 7.46. The van der Waals surface area contributed by atoms with Gasteiger partial charge in [-0.25, -0.2) is 9.97 Å². The lowest BCUT2D eigenvalue weighted by atomic mass is 9.99. The molecule has 2 N–H and O–H groups in total. The lowest BCUT2D eigenvalue weighted by Crippen LogP contribution is -2.39. The van der Waals surface area contributed by atoms with Gasteiger partial charge in [-0.15, -0.1) is 0 Å². The van der Waals surface area contributed by atoms with E-state index in [4.69, 9.17) is 19.8 Å². The average Bonchev–Trinajstić information content (AvgIpc) is 3.19. The molecule has 33 heavy (non-hydrogen) atoms. The summed E-state index contributed by atoms with van der Waals surface area (Å²) in [4.78, 5) is 27.7. The molecule has 1 aliphatic heterocycles. The Morgan fingerprint density at radius 1 is 1.33 bits per heavy atom. The number of ether oxygens (including phenoxy) is 1. The van der Waals surface area contributed by atoms with Crippen molar-refractivity contribution in [2.24, 2.45) is 5.92 Å². The molecule has 0 radical (unpaired) electrons. The fourth-order valence-electron chi connectivity index (χ4n) is 4.09. The summed E-state index contributed by atoms with van der Waals surface area (Å²) in [5, 5.41) is 17.7. The van der Waals surface area contributed by atoms with Crippen molar-refractivity contribution in [1.82, 2.24) is 24.7 Å². The van der Waals surface area contributed by atoms with Gasteiger partial charge in [-0.05, 0) is 37.8 Å². The molecule has 1 atom stereocenters. The minimum atomic E-state index is -0.778. The number of anilines is 3. The van der Waals surface area contributed by atoms with Gasteiger partial charge in [0.1, 0.15) is 16.9 Å². The lowest BCUT2D eigenvalue weighted by Gasteiger charge is -2.31. The third-order valence-corrected chi connectivity index (χ3v) is 5.76. The zero-order valence-electron chi connectivity index (χ0n) is 19.4. The minimum absolute atomic E-state index is 0.152. The van der Waals surface area contributed by atoms with Crippen LogP contribution in [0.5, 0.6) is 0 Å². The Morgan fingerprint density at radius 2 is 2.18 bits per heavy atom. The maximum Gasteiger partial charge on any atom is 0.308 e. The van der Waals surface area contributed by atoms with Crippen molar-refractivity contribution in [2.75, 3.05) is 36.5 Å². The van der Waals surface area contributed by atoms with Crippen LogP contribution in [0.1, 0.15) is 45.2 Å². The van der Waals surface area contributed by atoms with E-state index in [0.717, 1.165) is 23.1 Å². The Morgan fingerprint density at radius 3 is 2.88 bits per heavy atom. The van der Waals surface area contributed by atoms with Crippen LogP contribution in [0.4, 0.5) is 17.6 Å². The number of aromatic nitrogens is 5. The average molecular weight is 454 g/mol. The Bertz CT molecular complexity index is 1100. The normalized spacial score (nSPS) is 16.5. The summed E-state index contributed by atoms with van der Waals surface area (Å²) in [6.07, 6.45) is 3.17. The molecule has 176 valence electrons. The molecule has 3 aromatic heterocycles. The van der Waals surface area contributed by atoms with Crippen LogP contribution in [0, 0.1) is 5.92 Å². The van der Waals surface area contributed by atoms with Gasteiger partial charge in [0.15, 0.2) is 5.82 Å². The molecule has 0 amide bonds. The third kappa shape index (κ3) is 5.05. The van der Waals surface area contributed by atoms with E-state index in [2.05, 4.69) is 24.1 Å². The Labute approximate surface area is 193 Å². The number of rotatable bonds is 9. The van der Waals surface area contributed by atoms with Gasteiger partial charge >= 0.3 is 5.97 Å². The standard InChI is InChI=1S/C23H31N7O3/c1-4-33-13-12-30-20-19(18(28-30)15(2)3)26-23(29-11-7-8-16(14-29)22(31)32)27-21(20)25-17-9-5-6-10-24-17/h5-6,9-10,15-16H,4,7-8,11-14H2,1-3H3,(H,31,32)(H,24,25,26,27)/t16-/m0/s1. The maximum atomic E-state index is 11.6. The highest BCUT2D eigenvalue weighted by Gasteiger charge is 2.29. The number of carboxylic acid groups (broad SMARTS) is 1. The second kappa shape index (κ2) is 10.1. The van der Waals surface area contributed by atoms with E-state index in [0.29, 0.717) is 56.9 Å². The van der Waals surface area contributed by atoms with Crippen molar-refractivity contribution < 1.29 is 14.6 Å². The first kappa shape index (κ1) is 22.9. The highest BCUT2D eigenvalue weighted by Crippen LogP contribution is 2.32. The van der Waals surface area contributed by atoms with Crippen LogP contribution in [0.25, 0.3) is 11.0 Å². The molecule has 4 heterocycles. The van der Waals surface area contributed by atoms with Crippen molar-refractivity contribution in [3.05, 3.63) is 30.1 Å². The predicted octanol–water partition coefficient (Wildman–Crippen LogP) is 3.43. The molecule has 10 nitrogen and oxygen atoms in total. The van der Waals surface area contributed by atoms with Crippen LogP contribution in [0.2, 0.25) is 0 Å². The molecule has 1 saturated heterocycles. The maximum absolute atomic E-state index is 11.6. The number of nitrogens with one attached hydrogen (secondary N) is 1. The van der Waals surface area contributed by atoms with Gasteiger partial charge in [-0.1, -0.05) is 19.9 Å². The second-order valence-corrected chi connectivity index (χ2v) is 8.49. The molecule has 1 fully saturated rings. The van der Waals surface area contributed by atoms with Crippen LogP contribution < -0.4 is 10.2 Å². The summed E-state index contributed by atoms with van der Waals surface area (Å²) in [5.74, 6) is 0.719. The third-order valence-electron chi connectivity index (χ3n) is 5.76. The minimum Gasteiger partial charge on any atom is -0.481 e. The van der Waals surface area contributed by atoms with Gasteiger partial charge in [0.25, 0.3) is 0 Å². The van der Waals surface area contributed by atoms with Crippen LogP contribution in [-0.4, -0.2) is 62.1 Å². The van der Waals surface area contributed by atoms with Crippen molar-refractivity contribution in [3.8, 4) is 0 Å². The first-order valence-corrected chi connectivity index (χ1v) is 11.5. The monoisotopic (exact) mass is 453 g/mol. The Kier molecular flexibility index (Phi) is 7.02. The summed E-state index contributed by atoms with van der Waals surface area (Å²) >= 11 is 0. The van der Waals surface area contributed by atoms with Gasteiger partial charge in [0.2, 0.25) is 5.95 Å². The summed E-state index contributed by atoms with van der Waals surface area (Å²) in [6.45, 7) is 8.98. The first-order valence-electron chi connectivity index (χ1n) is 11.5. The van der Waals surface area contributed by atoms with Crippen molar-refractivity contribution in [2.45, 2.75) is 46.1 Å². The molecule has 10 heteroatoms. The molecule has 3 aromatic rings. The van der Waals surface area contributed by atoms with E-state index in [1.165, 1.54) is 0 Å². The van der Waals surface area contributed by atoms with Gasteiger partial charge in [-0.3, -0.25) is 9.48 Å². The van der Waals surface area contributed by atoms with Crippen LogP contribution in [0.15, 0.2) is 24.4 Å². The van der Waals surface area contributed by atoms with Crippen LogP contribution in [0.3, 0.4) is 0 Å². The number of pyridine rings is 1. The predicted molar refractivity (Wildman–Crippen MR) is 126 cm³/mol. The molecular weight excluding hydrogens is 422 g/mol. The number of hydrogen-bond acceptors (Lipinski definition) is 8. The summed E-state index contributed by atoms with van der Waals surface area (Å²) in [7, 11) is 0. The van der Waals surface area contributed by atoms with E-state index >= 15 is 0 Å². The number of hydrogen-bond donors (Lipinski definition) is 2. The van der Waals surface area contributed by atoms with Gasteiger partial charge in [0.05, 0.1) is 24.8 Å². The first-order chi connectivity index (χ1) is 16.0. The number of piperidine rings is 1. The topological polar surface area (TPSA) is 118 Å². The van der Waals surface area contributed by atoms with Crippen LogP contribution in [-0.2, 0) is 16.1 Å². The summed E-state index contributed by atoms with van der Waals surface area (Å²) in [6, 6.07) is 5.64. The van der Waals surface area contributed by atoms with Crippen molar-refractivity contribution in [3.63, 3.8) is 0 Å². The molecule has 0 aromatic carbocycles. The van der Waals surface area contributed by atoms with E-state index < -0.39 is 11.9 Å². The SMILES string of the molecule is CCOCCn1nc(C(C)C)c2nc(N3CCC[C@H](C(=O)O)C3)nc(Nc3ccccn3)c21. The van der Waals surface area contributed by atoms with Gasteiger partial charge < -0.3 is 20.1 Å². The molecule has 0 spiro atoms. The number of carboxylic acids is 1. The lowest BCUT2D eigenvalue weighted by molar-refractivity contribution is -0.141. The Balaban J connectivity index is 1.82. The quantitative estimate of drug-likeness (QED) is 0.470. The smallest absolute Gasteiger partial charge is 0.308 e. The van der Waals surface area contributed by atoms with Crippen LogP contribution >= 0.6 is 0 Å². The second-order valence-electron chi connectivity index (χ2n) is 8.49. The molecule has 0 bridgehead atoms. The number of nitrogens with zero attached hydrogens (tertiary/aromatic N) is 6. The van der Waals surface area contributed by atoms with Crippen molar-refractivity contribution in [1.29, 1.82) is 0 Å². The molecule has 0 unspecified atom stereocenters. The zero-order chi connectivity index (χ0) is 23.4. The van der Waals surface area contributed by atoms with Gasteiger partial charge in [0, 0.05) is 25.9 Å². The van der Waals surface area contributed by atoms with Crippen molar-refractivity contribution >= 4 is 34.6 Å². The van der Waals surface area contributed by atoms with E-state index in [-0.39, 0.29) is 5.92 Å². The number of aliphatic carboxylic acids is 1. The molecule has 0 aliphatic carbocycles. The largest absolute Gasteiger partial charge is 0.481 e. The van der Waals surface area contributed by atoms with E-state index in [1.807, 2.05) is 34.7 Å². The summed E-state index contributed by atoms with van der Waals surface area (Å²) in [5.41, 5.74) is 2.43. The fraction of sp³-hybridized carbons (Fsp3) is 0.522. The van der Waals surface area contributed by atoms with E-state index in [9.17, 15) is 9.90 Å².